The molecule has 3 atom stereocenters. The van der Waals surface area contributed by atoms with Crippen molar-refractivity contribution in [3.05, 3.63) is 192 Å². The van der Waals surface area contributed by atoms with E-state index in [-0.39, 0.29) is 18.2 Å². The molecule has 6 nitrogen and oxygen atoms in total. The number of amidine groups is 1. The number of aliphatic imine (C=N–C) groups is 1. The molecule has 6 heteroatoms. The summed E-state index contributed by atoms with van der Waals surface area (Å²) in [7, 11) is 0. The van der Waals surface area contributed by atoms with Gasteiger partial charge in [0, 0.05) is 44.4 Å². The maximum atomic E-state index is 5.35. The van der Waals surface area contributed by atoms with Crippen LogP contribution in [0.4, 0.5) is 0 Å². The molecule has 4 heterocycles. The number of dihydropyridines is 1. The molecule has 0 bridgehead atoms. The summed E-state index contributed by atoms with van der Waals surface area (Å²) in [6.45, 7) is 0.660. The molecule has 9 aromatic rings. The Bertz CT molecular complexity index is 3350. The van der Waals surface area contributed by atoms with E-state index in [1.165, 1.54) is 70.5 Å². The van der Waals surface area contributed by atoms with Gasteiger partial charge in [-0.3, -0.25) is 5.32 Å². The molecule has 0 spiro atoms. The van der Waals surface area contributed by atoms with Gasteiger partial charge in [0.2, 0.25) is 0 Å². The van der Waals surface area contributed by atoms with E-state index < -0.39 is 0 Å². The minimum atomic E-state index is -0.254. The zero-order valence-electron chi connectivity index (χ0n) is 31.8. The average Bonchev–Trinajstić information content (AvgIpc) is 3.80. The third-order valence-corrected chi connectivity index (χ3v) is 12.3. The standard InChI is InChI=1S/C52H40N6/c1-2-16-39(17-3-1)57-46-20-10-8-18-41(46)43-30-44-42-19-9-11-21-47(42)58(49(44)31-48(43)57)40-26-27-45(53-32-40)52-55-50(37-24-22-33-12-4-6-14-35(33)28-37)54-51(56-52)38-25-23-34-13-5-7-15-36(34)29-38/h1-24,26-31,38,51-53,56H,25,32H2,(H,54,55). The smallest absolute Gasteiger partial charge is 0.144 e. The summed E-state index contributed by atoms with van der Waals surface area (Å²) in [5.74, 6) is 1.16. The Hall–Kier alpha value is -7.15. The summed E-state index contributed by atoms with van der Waals surface area (Å²) < 4.78 is 4.85. The van der Waals surface area contributed by atoms with Crippen LogP contribution in [0.25, 0.3) is 77.9 Å². The maximum absolute atomic E-state index is 5.35. The highest BCUT2D eigenvalue weighted by Gasteiger charge is 2.31. The first-order valence-corrected chi connectivity index (χ1v) is 20.3. The van der Waals surface area contributed by atoms with Crippen LogP contribution in [0.3, 0.4) is 0 Å². The first-order chi connectivity index (χ1) is 28.7. The Kier molecular flexibility index (Phi) is 7.53. The Morgan fingerprint density at radius 3 is 2.03 bits per heavy atom. The summed E-state index contributed by atoms with van der Waals surface area (Å²) in [5.41, 5.74) is 9.30. The quantitative estimate of drug-likeness (QED) is 0.165. The number of allylic oxidation sites excluding steroid dienone is 2. The van der Waals surface area contributed by atoms with E-state index in [1.54, 1.807) is 0 Å². The van der Waals surface area contributed by atoms with Crippen LogP contribution < -0.4 is 26.4 Å². The lowest BCUT2D eigenvalue weighted by atomic mass is 9.93. The monoisotopic (exact) mass is 748 g/mol. The van der Waals surface area contributed by atoms with Gasteiger partial charge in [0.25, 0.3) is 0 Å². The van der Waals surface area contributed by atoms with Crippen LogP contribution in [0.5, 0.6) is 0 Å². The molecule has 2 aliphatic heterocycles. The van der Waals surface area contributed by atoms with E-state index in [9.17, 15) is 0 Å². The number of para-hydroxylation sites is 3. The molecule has 3 N–H and O–H groups in total. The first kappa shape index (κ1) is 33.0. The summed E-state index contributed by atoms with van der Waals surface area (Å²) in [6, 6.07) is 56.9. The van der Waals surface area contributed by atoms with Crippen LogP contribution in [-0.2, 0) is 0 Å². The normalized spacial score (nSPS) is 19.2. The maximum Gasteiger partial charge on any atom is 0.144 e. The van der Waals surface area contributed by atoms with Gasteiger partial charge >= 0.3 is 0 Å². The lowest BCUT2D eigenvalue weighted by Crippen LogP contribution is -2.59. The fourth-order valence-electron chi connectivity index (χ4n) is 9.52. The Balaban J connectivity index is 0.977. The summed E-state index contributed by atoms with van der Waals surface area (Å²) in [5, 5.41) is 21.6. The van der Waals surface area contributed by atoms with Crippen LogP contribution >= 0.6 is 0 Å². The third-order valence-electron chi connectivity index (χ3n) is 12.3. The molecule has 7 aromatic carbocycles. The van der Waals surface area contributed by atoms with Gasteiger partial charge in [0.1, 0.15) is 12.0 Å². The van der Waals surface area contributed by atoms with E-state index in [1.807, 2.05) is 0 Å². The van der Waals surface area contributed by atoms with Crippen molar-refractivity contribution in [2.75, 3.05) is 6.54 Å². The van der Waals surface area contributed by atoms with Crippen molar-refractivity contribution in [3.8, 4) is 5.69 Å². The van der Waals surface area contributed by atoms with Crippen molar-refractivity contribution in [1.82, 2.24) is 25.1 Å². The molecule has 3 aliphatic rings. The van der Waals surface area contributed by atoms with E-state index >= 15 is 0 Å². The van der Waals surface area contributed by atoms with E-state index in [4.69, 9.17) is 4.99 Å². The molecule has 0 saturated carbocycles. The second-order valence-corrected chi connectivity index (χ2v) is 15.7. The number of hydrogen-bond acceptors (Lipinski definition) is 4. The lowest BCUT2D eigenvalue weighted by molar-refractivity contribution is 0.351. The Labute approximate surface area is 335 Å². The van der Waals surface area contributed by atoms with Crippen molar-refractivity contribution in [1.29, 1.82) is 0 Å². The van der Waals surface area contributed by atoms with Crippen molar-refractivity contribution in [3.63, 3.8) is 0 Å². The third kappa shape index (κ3) is 5.33. The molecule has 278 valence electrons. The molecule has 0 amide bonds. The van der Waals surface area contributed by atoms with Gasteiger partial charge < -0.3 is 19.8 Å². The van der Waals surface area contributed by atoms with Crippen molar-refractivity contribution >= 4 is 78.1 Å². The zero-order valence-corrected chi connectivity index (χ0v) is 31.8. The molecule has 0 radical (unpaired) electrons. The number of benzene rings is 7. The second-order valence-electron chi connectivity index (χ2n) is 15.7. The average molecular weight is 749 g/mol. The van der Waals surface area contributed by atoms with Crippen molar-refractivity contribution < 1.29 is 0 Å². The van der Waals surface area contributed by atoms with Gasteiger partial charge in [-0.25, -0.2) is 4.99 Å². The van der Waals surface area contributed by atoms with Gasteiger partial charge in [-0.2, -0.15) is 0 Å². The number of rotatable bonds is 5. The molecule has 3 unspecified atom stereocenters. The van der Waals surface area contributed by atoms with Gasteiger partial charge in [-0.05, 0) is 82.2 Å². The van der Waals surface area contributed by atoms with E-state index in [0.29, 0.717) is 6.54 Å². The number of hydrogen-bond donors (Lipinski definition) is 3. The molecular weight excluding hydrogens is 709 g/mol. The molecular formula is C52H40N6. The number of fused-ring (bicyclic) bond motifs is 8. The van der Waals surface area contributed by atoms with Crippen LogP contribution in [0.15, 0.2) is 181 Å². The molecule has 0 fully saturated rings. The second kappa shape index (κ2) is 13.2. The predicted octanol–water partition coefficient (Wildman–Crippen LogP) is 8.95. The fraction of sp³-hybridized carbons (Fsp3) is 0.0962. The van der Waals surface area contributed by atoms with Gasteiger partial charge in [0.15, 0.2) is 0 Å². The SMILES string of the molecule is C1=C(C2N=C(c3ccc4ccccc4c3)NC(C3C=c4ccccc4=CC3)N2)NCC(n2c3ccccc3c3cc4c5ccccc5n(-c5ccccc5)c4cc32)=C1. The number of nitrogens with one attached hydrogen (secondary N) is 3. The largest absolute Gasteiger partial charge is 0.380 e. The minimum Gasteiger partial charge on any atom is -0.380 e. The lowest BCUT2D eigenvalue weighted by Gasteiger charge is -2.37. The van der Waals surface area contributed by atoms with Crippen LogP contribution in [0.1, 0.15) is 12.0 Å². The van der Waals surface area contributed by atoms with Crippen LogP contribution in [0, 0.1) is 5.92 Å². The molecule has 2 aromatic heterocycles. The Morgan fingerprint density at radius 2 is 1.24 bits per heavy atom. The van der Waals surface area contributed by atoms with E-state index in [0.717, 1.165) is 29.2 Å². The van der Waals surface area contributed by atoms with Gasteiger partial charge in [0.05, 0.1) is 40.5 Å². The van der Waals surface area contributed by atoms with E-state index in [2.05, 4.69) is 207 Å². The van der Waals surface area contributed by atoms with Gasteiger partial charge in [-0.15, -0.1) is 0 Å². The number of nitrogens with zero attached hydrogens (tertiary/aromatic N) is 3. The highest BCUT2D eigenvalue weighted by molar-refractivity contribution is 6.19. The first-order valence-electron chi connectivity index (χ1n) is 20.3. The van der Waals surface area contributed by atoms with Crippen molar-refractivity contribution in [2.24, 2.45) is 10.9 Å². The molecule has 0 saturated heterocycles. The summed E-state index contributed by atoms with van der Waals surface area (Å²) >= 11 is 0. The molecule has 58 heavy (non-hydrogen) atoms. The van der Waals surface area contributed by atoms with Crippen LogP contribution in [0.2, 0.25) is 0 Å². The minimum absolute atomic E-state index is 0.0160. The summed E-state index contributed by atoms with van der Waals surface area (Å²) in [4.78, 5) is 5.35. The topological polar surface area (TPSA) is 58.3 Å². The predicted molar refractivity (Wildman–Crippen MR) is 241 cm³/mol. The van der Waals surface area contributed by atoms with Gasteiger partial charge in [-0.1, -0.05) is 127 Å². The molecule has 12 rings (SSSR count). The highest BCUT2D eigenvalue weighted by atomic mass is 15.3. The summed E-state index contributed by atoms with van der Waals surface area (Å²) in [6.07, 6.45) is 9.97. The highest BCUT2D eigenvalue weighted by Crippen LogP contribution is 2.39. The van der Waals surface area contributed by atoms with Crippen LogP contribution in [-0.4, -0.2) is 33.8 Å². The van der Waals surface area contributed by atoms with Crippen molar-refractivity contribution in [2.45, 2.75) is 18.8 Å². The molecule has 1 aliphatic carbocycles. The Morgan fingerprint density at radius 1 is 0.552 bits per heavy atom. The fourth-order valence-corrected chi connectivity index (χ4v) is 9.52. The number of aromatic nitrogens is 2. The zero-order chi connectivity index (χ0) is 38.2.